The zero-order valence-corrected chi connectivity index (χ0v) is 24.8. The van der Waals surface area contributed by atoms with Crippen LogP contribution in [0.3, 0.4) is 0 Å². The van der Waals surface area contributed by atoms with Gasteiger partial charge in [-0.25, -0.2) is 0 Å². The Kier molecular flexibility index (Phi) is 5.25. The maximum atomic E-state index is 4.94. The highest BCUT2D eigenvalue weighted by Crippen LogP contribution is 2.54. The molecule has 0 spiro atoms. The lowest BCUT2D eigenvalue weighted by molar-refractivity contribution is 1.07. The molecule has 0 saturated carbocycles. The summed E-state index contributed by atoms with van der Waals surface area (Å²) in [7, 11) is 0. The van der Waals surface area contributed by atoms with E-state index < -0.39 is 0 Å². The van der Waals surface area contributed by atoms with Crippen LogP contribution in [-0.2, 0) is 0 Å². The number of para-hydroxylation sites is 3. The molecule has 9 aromatic rings. The molecule has 0 aliphatic heterocycles. The lowest BCUT2D eigenvalue weighted by atomic mass is 9.95. The number of nitrogens with zero attached hydrogens (tertiary/aromatic N) is 4. The van der Waals surface area contributed by atoms with Crippen molar-refractivity contribution in [3.05, 3.63) is 158 Å². The maximum absolute atomic E-state index is 4.94. The van der Waals surface area contributed by atoms with Crippen molar-refractivity contribution in [2.24, 2.45) is 0 Å². The van der Waals surface area contributed by atoms with Crippen LogP contribution in [0.25, 0.3) is 89.0 Å². The Bertz CT molecular complexity index is 2570. The summed E-state index contributed by atoms with van der Waals surface area (Å²) in [6.45, 7) is 0. The first-order valence-electron chi connectivity index (χ1n) is 15.6. The summed E-state index contributed by atoms with van der Waals surface area (Å²) in [4.78, 5) is 0. The van der Waals surface area contributed by atoms with E-state index in [1.165, 1.54) is 54.8 Å². The average Bonchev–Trinajstić information content (AvgIpc) is 3.81. The average molecular weight is 587 g/mol. The van der Waals surface area contributed by atoms with Gasteiger partial charge in [0.15, 0.2) is 11.6 Å². The normalized spacial score (nSPS) is 11.9. The van der Waals surface area contributed by atoms with Gasteiger partial charge in [0.2, 0.25) is 0 Å². The van der Waals surface area contributed by atoms with E-state index in [0.29, 0.717) is 0 Å². The third kappa shape index (κ3) is 3.44. The van der Waals surface area contributed by atoms with Crippen LogP contribution in [-0.4, -0.2) is 19.3 Å². The number of hydrogen-bond donors (Lipinski definition) is 0. The van der Waals surface area contributed by atoms with Crippen molar-refractivity contribution < 1.29 is 0 Å². The summed E-state index contributed by atoms with van der Waals surface area (Å²) in [5.74, 6) is 1.63. The van der Waals surface area contributed by atoms with Gasteiger partial charge in [-0.3, -0.25) is 4.57 Å². The van der Waals surface area contributed by atoms with Crippen molar-refractivity contribution in [2.45, 2.75) is 0 Å². The standard InChI is InChI=1S/C42H26N4/c1-3-13-28(14-4-1)41-43-44-42(45(41)29-17-5-2-6-18-29)34-25-26-37(40-33-22-12-16-27-15-11-21-32(38(27)33)39(34)40)46-35-23-9-7-19-30(35)31-20-8-10-24-36(31)46/h1-26H. The van der Waals surface area contributed by atoms with Crippen LogP contribution in [0.1, 0.15) is 0 Å². The Balaban J connectivity index is 1.34. The second kappa shape index (κ2) is 9.62. The van der Waals surface area contributed by atoms with Gasteiger partial charge in [0.1, 0.15) is 0 Å². The molecule has 0 amide bonds. The van der Waals surface area contributed by atoms with Crippen LogP contribution in [0, 0.1) is 0 Å². The molecule has 0 N–H and O–H groups in total. The Hall–Kier alpha value is -6.26. The number of hydrogen-bond acceptors (Lipinski definition) is 2. The van der Waals surface area contributed by atoms with Crippen LogP contribution >= 0.6 is 0 Å². The van der Waals surface area contributed by atoms with Gasteiger partial charge in [-0.2, -0.15) is 0 Å². The Morgan fingerprint density at radius 2 is 0.978 bits per heavy atom. The minimum absolute atomic E-state index is 0.816. The summed E-state index contributed by atoms with van der Waals surface area (Å²) in [6.07, 6.45) is 0. The summed E-state index contributed by atoms with van der Waals surface area (Å²) < 4.78 is 4.64. The molecule has 1 aliphatic rings. The minimum atomic E-state index is 0.816. The first-order valence-corrected chi connectivity index (χ1v) is 15.6. The van der Waals surface area contributed by atoms with E-state index in [0.717, 1.165) is 34.2 Å². The van der Waals surface area contributed by atoms with Crippen molar-refractivity contribution in [1.29, 1.82) is 0 Å². The smallest absolute Gasteiger partial charge is 0.169 e. The van der Waals surface area contributed by atoms with E-state index in [2.05, 4.69) is 155 Å². The summed E-state index contributed by atoms with van der Waals surface area (Å²) in [5, 5.41) is 14.8. The largest absolute Gasteiger partial charge is 0.309 e. The molecule has 46 heavy (non-hydrogen) atoms. The van der Waals surface area contributed by atoms with Crippen LogP contribution in [0.2, 0.25) is 0 Å². The van der Waals surface area contributed by atoms with Crippen molar-refractivity contribution >= 4 is 32.6 Å². The van der Waals surface area contributed by atoms with Crippen molar-refractivity contribution in [2.75, 3.05) is 0 Å². The van der Waals surface area contributed by atoms with Crippen LogP contribution in [0.15, 0.2) is 158 Å². The summed E-state index contributed by atoms with van der Waals surface area (Å²) >= 11 is 0. The molecule has 0 unspecified atom stereocenters. The second-order valence-electron chi connectivity index (χ2n) is 11.8. The zero-order valence-electron chi connectivity index (χ0n) is 24.8. The third-order valence-electron chi connectivity index (χ3n) is 9.40. The van der Waals surface area contributed by atoms with E-state index >= 15 is 0 Å². The van der Waals surface area contributed by atoms with Gasteiger partial charge in [-0.05, 0) is 58.3 Å². The van der Waals surface area contributed by atoms with Crippen LogP contribution in [0.4, 0.5) is 0 Å². The molecular weight excluding hydrogens is 560 g/mol. The Morgan fingerprint density at radius 3 is 1.67 bits per heavy atom. The summed E-state index contributed by atoms with van der Waals surface area (Å²) in [5.41, 5.74) is 11.5. The molecule has 2 aromatic heterocycles. The molecule has 0 fully saturated rings. The van der Waals surface area contributed by atoms with E-state index in [-0.39, 0.29) is 0 Å². The molecule has 0 saturated heterocycles. The van der Waals surface area contributed by atoms with Gasteiger partial charge < -0.3 is 4.57 Å². The predicted octanol–water partition coefficient (Wildman–Crippen LogP) is 10.5. The number of fused-ring (bicyclic) bond motifs is 6. The SMILES string of the molecule is c1ccc(-c2nnc(-c3ccc(-n4c5ccccc5c5ccccc54)c4c3-c3cccc5cccc-4c35)n2-c2ccccc2)cc1. The van der Waals surface area contributed by atoms with Gasteiger partial charge in [0.05, 0.1) is 16.7 Å². The minimum Gasteiger partial charge on any atom is -0.309 e. The van der Waals surface area contributed by atoms with Gasteiger partial charge in [0, 0.05) is 38.7 Å². The van der Waals surface area contributed by atoms with Gasteiger partial charge >= 0.3 is 0 Å². The lowest BCUT2D eigenvalue weighted by Crippen LogP contribution is -2.03. The highest BCUT2D eigenvalue weighted by atomic mass is 15.3. The topological polar surface area (TPSA) is 35.6 Å². The molecule has 10 rings (SSSR count). The fourth-order valence-electron chi connectivity index (χ4n) is 7.51. The molecule has 214 valence electrons. The number of benzene rings is 7. The molecule has 4 nitrogen and oxygen atoms in total. The van der Waals surface area contributed by atoms with Crippen molar-refractivity contribution in [3.63, 3.8) is 0 Å². The highest BCUT2D eigenvalue weighted by Gasteiger charge is 2.31. The lowest BCUT2D eigenvalue weighted by Gasteiger charge is -2.18. The molecule has 0 radical (unpaired) electrons. The molecule has 7 aromatic carbocycles. The quantitative estimate of drug-likeness (QED) is 0.206. The van der Waals surface area contributed by atoms with Crippen molar-refractivity contribution in [1.82, 2.24) is 19.3 Å². The van der Waals surface area contributed by atoms with Gasteiger partial charge in [-0.15, -0.1) is 10.2 Å². The third-order valence-corrected chi connectivity index (χ3v) is 9.40. The zero-order chi connectivity index (χ0) is 30.2. The first-order chi connectivity index (χ1) is 22.9. The van der Waals surface area contributed by atoms with E-state index in [4.69, 9.17) is 10.2 Å². The maximum Gasteiger partial charge on any atom is 0.169 e. The van der Waals surface area contributed by atoms with E-state index in [1.807, 2.05) is 12.1 Å². The van der Waals surface area contributed by atoms with E-state index in [1.54, 1.807) is 0 Å². The molecule has 4 heteroatoms. The second-order valence-corrected chi connectivity index (χ2v) is 11.8. The van der Waals surface area contributed by atoms with Crippen molar-refractivity contribution in [3.8, 4) is 56.4 Å². The molecule has 2 heterocycles. The molecular formula is C42H26N4. The monoisotopic (exact) mass is 586 g/mol. The predicted molar refractivity (Wildman–Crippen MR) is 189 cm³/mol. The Morgan fingerprint density at radius 1 is 0.391 bits per heavy atom. The number of rotatable bonds is 4. The fraction of sp³-hybridized carbons (Fsp3) is 0. The molecule has 0 atom stereocenters. The van der Waals surface area contributed by atoms with Crippen LogP contribution < -0.4 is 0 Å². The number of aromatic nitrogens is 4. The van der Waals surface area contributed by atoms with Crippen LogP contribution in [0.5, 0.6) is 0 Å². The van der Waals surface area contributed by atoms with E-state index in [9.17, 15) is 0 Å². The first kappa shape index (κ1) is 25.1. The highest BCUT2D eigenvalue weighted by molar-refractivity contribution is 6.20. The summed E-state index contributed by atoms with van der Waals surface area (Å²) in [6, 6.07) is 56.1. The molecule has 1 aliphatic carbocycles. The molecule has 0 bridgehead atoms. The fourth-order valence-corrected chi connectivity index (χ4v) is 7.51. The Labute approximate surface area is 265 Å². The van der Waals surface area contributed by atoms with Gasteiger partial charge in [-0.1, -0.05) is 121 Å². The van der Waals surface area contributed by atoms with Gasteiger partial charge in [0.25, 0.3) is 0 Å².